The maximum atomic E-state index is 14.4. The first-order chi connectivity index (χ1) is 12.0. The summed E-state index contributed by atoms with van der Waals surface area (Å²) >= 11 is 0. The van der Waals surface area contributed by atoms with Crippen LogP contribution in [0.15, 0.2) is 30.9 Å². The summed E-state index contributed by atoms with van der Waals surface area (Å²) in [6.07, 6.45) is 8.43. The molecule has 2 atom stereocenters. The van der Waals surface area contributed by atoms with Crippen LogP contribution in [0.2, 0.25) is 0 Å². The molecule has 136 valence electrons. The predicted octanol–water partition coefficient (Wildman–Crippen LogP) is 2.75. The Morgan fingerprint density at radius 1 is 1.32 bits per heavy atom. The topological polar surface area (TPSA) is 63.0 Å². The lowest BCUT2D eigenvalue weighted by atomic mass is 9.85. The van der Waals surface area contributed by atoms with Crippen molar-refractivity contribution in [3.8, 4) is 0 Å². The molecule has 1 fully saturated rings. The number of nitrogens with zero attached hydrogens (tertiary/aromatic N) is 3. The maximum Gasteiger partial charge on any atom is 0.137 e. The molecule has 1 saturated carbocycles. The van der Waals surface area contributed by atoms with Gasteiger partial charge in [0.25, 0.3) is 0 Å². The van der Waals surface area contributed by atoms with Crippen LogP contribution in [0.5, 0.6) is 0 Å². The standard InChI is InChI=1S/C18H24F2N4O/c1-13(23-15-5-3-2-4-6-15)18(25,10-24-12-21-11-22-24)16-8-7-14(19)9-17(16)20/h7-9,11-13,15,23,25H,2-6,10H2,1H3/t13-,18-/m1/s1. The van der Waals surface area contributed by atoms with Crippen LogP contribution >= 0.6 is 0 Å². The van der Waals surface area contributed by atoms with Crippen molar-refractivity contribution >= 4 is 0 Å². The Labute approximate surface area is 146 Å². The van der Waals surface area contributed by atoms with Crippen molar-refractivity contribution in [3.05, 3.63) is 48.1 Å². The number of aromatic nitrogens is 3. The second-order valence-corrected chi connectivity index (χ2v) is 6.86. The van der Waals surface area contributed by atoms with Crippen LogP contribution in [0.4, 0.5) is 8.78 Å². The van der Waals surface area contributed by atoms with Gasteiger partial charge in [0.15, 0.2) is 0 Å². The first-order valence-electron chi connectivity index (χ1n) is 8.75. The van der Waals surface area contributed by atoms with Gasteiger partial charge in [-0.15, -0.1) is 0 Å². The number of hydrogen-bond donors (Lipinski definition) is 2. The molecule has 0 radical (unpaired) electrons. The molecule has 0 spiro atoms. The van der Waals surface area contributed by atoms with E-state index in [2.05, 4.69) is 15.4 Å². The molecule has 7 heteroatoms. The fourth-order valence-electron chi connectivity index (χ4n) is 3.62. The van der Waals surface area contributed by atoms with Crippen molar-refractivity contribution in [3.63, 3.8) is 0 Å². The van der Waals surface area contributed by atoms with Gasteiger partial charge >= 0.3 is 0 Å². The molecule has 2 aromatic rings. The zero-order valence-corrected chi connectivity index (χ0v) is 14.3. The highest BCUT2D eigenvalue weighted by Crippen LogP contribution is 2.31. The molecule has 1 aromatic carbocycles. The van der Waals surface area contributed by atoms with Gasteiger partial charge in [-0.25, -0.2) is 18.4 Å². The first-order valence-corrected chi connectivity index (χ1v) is 8.75. The van der Waals surface area contributed by atoms with Crippen LogP contribution in [0.3, 0.4) is 0 Å². The molecule has 5 nitrogen and oxygen atoms in total. The molecule has 25 heavy (non-hydrogen) atoms. The Balaban J connectivity index is 1.89. The van der Waals surface area contributed by atoms with Gasteiger partial charge in [-0.2, -0.15) is 5.10 Å². The van der Waals surface area contributed by atoms with E-state index in [1.54, 1.807) is 0 Å². The summed E-state index contributed by atoms with van der Waals surface area (Å²) in [7, 11) is 0. The number of halogens is 2. The Kier molecular flexibility index (Phi) is 5.44. The van der Waals surface area contributed by atoms with E-state index in [4.69, 9.17) is 0 Å². The Morgan fingerprint density at radius 3 is 2.72 bits per heavy atom. The summed E-state index contributed by atoms with van der Waals surface area (Å²) in [6, 6.07) is 3.11. The molecule has 3 rings (SSSR count). The van der Waals surface area contributed by atoms with E-state index < -0.39 is 23.3 Å². The first kappa shape index (κ1) is 17.9. The van der Waals surface area contributed by atoms with E-state index in [0.29, 0.717) is 0 Å². The van der Waals surface area contributed by atoms with Gasteiger partial charge in [-0.1, -0.05) is 25.3 Å². The van der Waals surface area contributed by atoms with E-state index >= 15 is 0 Å². The average molecular weight is 350 g/mol. The monoisotopic (exact) mass is 350 g/mol. The maximum absolute atomic E-state index is 14.4. The van der Waals surface area contributed by atoms with Crippen molar-refractivity contribution in [2.45, 2.75) is 63.3 Å². The molecular weight excluding hydrogens is 326 g/mol. The lowest BCUT2D eigenvalue weighted by molar-refractivity contribution is -0.0246. The third kappa shape index (κ3) is 4.04. The smallest absolute Gasteiger partial charge is 0.137 e. The number of rotatable bonds is 6. The van der Waals surface area contributed by atoms with Crippen molar-refractivity contribution in [1.29, 1.82) is 0 Å². The van der Waals surface area contributed by atoms with Crippen molar-refractivity contribution in [2.24, 2.45) is 0 Å². The average Bonchev–Trinajstić information content (AvgIpc) is 3.08. The van der Waals surface area contributed by atoms with Crippen LogP contribution in [0, 0.1) is 11.6 Å². The molecule has 1 aliphatic rings. The van der Waals surface area contributed by atoms with E-state index in [-0.39, 0.29) is 18.2 Å². The van der Waals surface area contributed by atoms with Crippen LogP contribution in [0.25, 0.3) is 0 Å². The molecule has 0 bridgehead atoms. The zero-order chi connectivity index (χ0) is 17.9. The predicted molar refractivity (Wildman–Crippen MR) is 89.7 cm³/mol. The van der Waals surface area contributed by atoms with Crippen LogP contribution in [-0.4, -0.2) is 32.0 Å². The summed E-state index contributed by atoms with van der Waals surface area (Å²) in [5.74, 6) is -1.43. The van der Waals surface area contributed by atoms with Gasteiger partial charge in [0.1, 0.15) is 29.9 Å². The lowest BCUT2D eigenvalue weighted by Crippen LogP contribution is -2.53. The summed E-state index contributed by atoms with van der Waals surface area (Å²) < 4.78 is 29.2. The van der Waals surface area contributed by atoms with Gasteiger partial charge < -0.3 is 10.4 Å². The Bertz CT molecular complexity index is 688. The molecule has 1 aromatic heterocycles. The van der Waals surface area contributed by atoms with Crippen molar-refractivity contribution in [2.75, 3.05) is 0 Å². The fraction of sp³-hybridized carbons (Fsp3) is 0.556. The molecule has 0 aliphatic heterocycles. The molecule has 0 saturated heterocycles. The van der Waals surface area contributed by atoms with E-state index in [1.807, 2.05) is 6.92 Å². The lowest BCUT2D eigenvalue weighted by Gasteiger charge is -2.38. The Morgan fingerprint density at radius 2 is 2.08 bits per heavy atom. The minimum absolute atomic E-state index is 0.0242. The summed E-state index contributed by atoms with van der Waals surface area (Å²) in [5, 5.41) is 18.9. The summed E-state index contributed by atoms with van der Waals surface area (Å²) in [6.45, 7) is 1.85. The SMILES string of the molecule is C[C@@H](NC1CCCCC1)[C@](O)(Cn1cncn1)c1ccc(F)cc1F. The van der Waals surface area contributed by atoms with E-state index in [1.165, 1.54) is 29.8 Å². The molecule has 0 unspecified atom stereocenters. The number of benzene rings is 1. The number of nitrogens with one attached hydrogen (secondary N) is 1. The second-order valence-electron chi connectivity index (χ2n) is 6.86. The van der Waals surface area contributed by atoms with Crippen molar-refractivity contribution < 1.29 is 13.9 Å². The fourth-order valence-corrected chi connectivity index (χ4v) is 3.62. The zero-order valence-electron chi connectivity index (χ0n) is 14.3. The summed E-state index contributed by atoms with van der Waals surface area (Å²) in [4.78, 5) is 3.88. The third-order valence-electron chi connectivity index (χ3n) is 5.07. The van der Waals surface area contributed by atoms with E-state index in [0.717, 1.165) is 37.8 Å². The Hall–Kier alpha value is -1.86. The highest BCUT2D eigenvalue weighted by atomic mass is 19.1. The number of aliphatic hydroxyl groups is 1. The molecule has 0 amide bonds. The highest BCUT2D eigenvalue weighted by molar-refractivity contribution is 5.27. The highest BCUT2D eigenvalue weighted by Gasteiger charge is 2.40. The quantitative estimate of drug-likeness (QED) is 0.841. The second kappa shape index (κ2) is 7.58. The van der Waals surface area contributed by atoms with Gasteiger partial charge in [0.05, 0.1) is 6.54 Å². The number of hydrogen-bond acceptors (Lipinski definition) is 4. The van der Waals surface area contributed by atoms with Gasteiger partial charge in [-0.3, -0.25) is 0 Å². The normalized spacial score (nSPS) is 19.5. The van der Waals surface area contributed by atoms with Crippen LogP contribution < -0.4 is 5.32 Å². The molecule has 1 aliphatic carbocycles. The minimum atomic E-state index is -1.58. The third-order valence-corrected chi connectivity index (χ3v) is 5.07. The van der Waals surface area contributed by atoms with E-state index in [9.17, 15) is 13.9 Å². The molecular formula is C18H24F2N4O. The summed E-state index contributed by atoms with van der Waals surface area (Å²) in [5.41, 5.74) is -1.52. The van der Waals surface area contributed by atoms with Crippen molar-refractivity contribution in [1.82, 2.24) is 20.1 Å². The van der Waals surface area contributed by atoms with Gasteiger partial charge in [0, 0.05) is 23.7 Å². The van der Waals surface area contributed by atoms with Gasteiger partial charge in [0.2, 0.25) is 0 Å². The van der Waals surface area contributed by atoms with Crippen LogP contribution in [-0.2, 0) is 12.1 Å². The molecule has 2 N–H and O–H groups in total. The molecule has 1 heterocycles. The largest absolute Gasteiger partial charge is 0.381 e. The van der Waals surface area contributed by atoms with Crippen LogP contribution in [0.1, 0.15) is 44.6 Å². The van der Waals surface area contributed by atoms with Gasteiger partial charge in [-0.05, 0) is 25.8 Å². The minimum Gasteiger partial charge on any atom is -0.381 e.